The van der Waals surface area contributed by atoms with Gasteiger partial charge in [-0.05, 0) is 25.3 Å². The Labute approximate surface area is 120 Å². The first kappa shape index (κ1) is 15.0. The van der Waals surface area contributed by atoms with E-state index >= 15 is 0 Å². The van der Waals surface area contributed by atoms with Crippen molar-refractivity contribution in [1.29, 1.82) is 0 Å². The van der Waals surface area contributed by atoms with Crippen molar-refractivity contribution in [2.45, 2.75) is 38.3 Å². The first-order valence-corrected chi connectivity index (χ1v) is 7.40. The number of nitrogens with zero attached hydrogens (tertiary/aromatic N) is 1. The molecule has 1 aromatic rings. The average Bonchev–Trinajstić information content (AvgIpc) is 2.98. The summed E-state index contributed by atoms with van der Waals surface area (Å²) in [4.78, 5) is 14.2. The van der Waals surface area contributed by atoms with Crippen LogP contribution < -0.4 is 5.73 Å². The highest BCUT2D eigenvalue weighted by Crippen LogP contribution is 2.17. The molecule has 2 N–H and O–H groups in total. The highest BCUT2D eigenvalue weighted by atomic mass is 16.5. The summed E-state index contributed by atoms with van der Waals surface area (Å²) in [6, 6.07) is 9.55. The minimum Gasteiger partial charge on any atom is -0.376 e. The number of nitrogens with two attached hydrogens (primary N) is 1. The van der Waals surface area contributed by atoms with Gasteiger partial charge >= 0.3 is 0 Å². The Bertz CT molecular complexity index is 416. The van der Waals surface area contributed by atoms with E-state index in [0.717, 1.165) is 25.0 Å². The van der Waals surface area contributed by atoms with Gasteiger partial charge < -0.3 is 15.4 Å². The van der Waals surface area contributed by atoms with E-state index in [4.69, 9.17) is 10.5 Å². The van der Waals surface area contributed by atoms with Crippen molar-refractivity contribution in [1.82, 2.24) is 4.90 Å². The van der Waals surface area contributed by atoms with Crippen LogP contribution in [0.3, 0.4) is 0 Å². The third kappa shape index (κ3) is 4.05. The molecule has 4 nitrogen and oxygen atoms in total. The molecule has 0 bridgehead atoms. The molecule has 1 saturated heterocycles. The van der Waals surface area contributed by atoms with E-state index in [9.17, 15) is 4.79 Å². The number of benzene rings is 1. The Balaban J connectivity index is 1.88. The molecule has 1 amide bonds. The first-order valence-electron chi connectivity index (χ1n) is 7.40. The molecule has 110 valence electrons. The van der Waals surface area contributed by atoms with Crippen molar-refractivity contribution < 1.29 is 9.53 Å². The molecule has 0 spiro atoms. The number of likely N-dealkylation sites (N-methyl/N-ethyl adjacent to an activating group) is 1. The van der Waals surface area contributed by atoms with Gasteiger partial charge in [0.25, 0.3) is 0 Å². The largest absolute Gasteiger partial charge is 0.376 e. The topological polar surface area (TPSA) is 55.6 Å². The van der Waals surface area contributed by atoms with Gasteiger partial charge in [0.2, 0.25) is 5.91 Å². The van der Waals surface area contributed by atoms with Crippen molar-refractivity contribution >= 4 is 5.91 Å². The quantitative estimate of drug-likeness (QED) is 0.865. The van der Waals surface area contributed by atoms with Gasteiger partial charge in [0.05, 0.1) is 6.10 Å². The maximum Gasteiger partial charge on any atom is 0.224 e. The molecule has 0 radical (unpaired) electrons. The molecule has 2 rings (SSSR count). The number of carbonyl (C=O) groups excluding carboxylic acids is 1. The fourth-order valence-corrected chi connectivity index (χ4v) is 2.58. The van der Waals surface area contributed by atoms with E-state index < -0.39 is 0 Å². The summed E-state index contributed by atoms with van der Waals surface area (Å²) in [6.45, 7) is 4.22. The highest BCUT2D eigenvalue weighted by molar-refractivity contribution is 5.77. The Morgan fingerprint density at radius 2 is 2.20 bits per heavy atom. The summed E-state index contributed by atoms with van der Waals surface area (Å²) in [6.07, 6.45) is 2.70. The monoisotopic (exact) mass is 276 g/mol. The Hall–Kier alpha value is -1.39. The summed E-state index contributed by atoms with van der Waals surface area (Å²) in [5.74, 6) is 0.111. The zero-order chi connectivity index (χ0) is 14.4. The number of hydrogen-bond acceptors (Lipinski definition) is 3. The lowest BCUT2D eigenvalue weighted by Gasteiger charge is -2.25. The van der Waals surface area contributed by atoms with Gasteiger partial charge in [0.1, 0.15) is 0 Å². The summed E-state index contributed by atoms with van der Waals surface area (Å²) in [5.41, 5.74) is 7.13. The fourth-order valence-electron chi connectivity index (χ4n) is 2.58. The van der Waals surface area contributed by atoms with E-state index in [2.05, 4.69) is 0 Å². The van der Waals surface area contributed by atoms with Gasteiger partial charge in [-0.25, -0.2) is 0 Å². The van der Waals surface area contributed by atoms with E-state index in [1.54, 1.807) is 0 Å². The Morgan fingerprint density at radius 1 is 1.45 bits per heavy atom. The molecule has 1 aromatic carbocycles. The fraction of sp³-hybridized carbons (Fsp3) is 0.562. The molecule has 1 fully saturated rings. The number of rotatable bonds is 6. The molecule has 20 heavy (non-hydrogen) atoms. The van der Waals surface area contributed by atoms with Crippen LogP contribution in [-0.4, -0.2) is 36.6 Å². The third-order valence-electron chi connectivity index (χ3n) is 3.80. The molecule has 2 atom stereocenters. The molecule has 0 saturated carbocycles. The van der Waals surface area contributed by atoms with Crippen LogP contribution in [0, 0.1) is 0 Å². The van der Waals surface area contributed by atoms with Gasteiger partial charge in [-0.2, -0.15) is 0 Å². The molecule has 1 aliphatic rings. The summed E-state index contributed by atoms with van der Waals surface area (Å²) in [5, 5.41) is 0. The predicted molar refractivity (Wildman–Crippen MR) is 79.2 cm³/mol. The number of hydrogen-bond donors (Lipinski definition) is 1. The Kier molecular flexibility index (Phi) is 5.56. The molecule has 0 aliphatic carbocycles. The van der Waals surface area contributed by atoms with Gasteiger partial charge in [-0.3, -0.25) is 4.79 Å². The van der Waals surface area contributed by atoms with Gasteiger partial charge in [0, 0.05) is 32.2 Å². The lowest BCUT2D eigenvalue weighted by atomic mass is 10.0. The van der Waals surface area contributed by atoms with Crippen molar-refractivity contribution in [2.24, 2.45) is 5.73 Å². The SMILES string of the molecule is CCN(CC1CCCO1)C(=O)CC(N)c1ccccc1. The summed E-state index contributed by atoms with van der Waals surface area (Å²) >= 11 is 0. The Morgan fingerprint density at radius 3 is 2.80 bits per heavy atom. The third-order valence-corrected chi connectivity index (χ3v) is 3.80. The van der Waals surface area contributed by atoms with E-state index in [-0.39, 0.29) is 18.1 Å². The van der Waals surface area contributed by atoms with Crippen LogP contribution in [0.25, 0.3) is 0 Å². The molecule has 1 aliphatic heterocycles. The number of ether oxygens (including phenoxy) is 1. The van der Waals surface area contributed by atoms with Crippen LogP contribution in [0.4, 0.5) is 0 Å². The number of carbonyl (C=O) groups is 1. The van der Waals surface area contributed by atoms with E-state index in [1.807, 2.05) is 42.2 Å². The second-order valence-electron chi connectivity index (χ2n) is 5.29. The average molecular weight is 276 g/mol. The number of amides is 1. The summed E-state index contributed by atoms with van der Waals surface area (Å²) < 4.78 is 5.60. The van der Waals surface area contributed by atoms with E-state index in [1.165, 1.54) is 0 Å². The van der Waals surface area contributed by atoms with Crippen LogP contribution in [0.2, 0.25) is 0 Å². The van der Waals surface area contributed by atoms with Crippen molar-refractivity contribution in [3.63, 3.8) is 0 Å². The molecule has 1 heterocycles. The zero-order valence-electron chi connectivity index (χ0n) is 12.1. The second-order valence-corrected chi connectivity index (χ2v) is 5.29. The van der Waals surface area contributed by atoms with Crippen molar-refractivity contribution in [2.75, 3.05) is 19.7 Å². The highest BCUT2D eigenvalue weighted by Gasteiger charge is 2.22. The molecular weight excluding hydrogens is 252 g/mol. The van der Waals surface area contributed by atoms with Gasteiger partial charge in [0.15, 0.2) is 0 Å². The first-order chi connectivity index (χ1) is 9.70. The maximum atomic E-state index is 12.3. The standard InChI is InChI=1S/C16H24N2O2/c1-2-18(12-14-9-6-10-20-14)16(19)11-15(17)13-7-4-3-5-8-13/h3-5,7-8,14-15H,2,6,9-12,17H2,1H3. The molecule has 2 unspecified atom stereocenters. The smallest absolute Gasteiger partial charge is 0.224 e. The van der Waals surface area contributed by atoms with Gasteiger partial charge in [-0.1, -0.05) is 30.3 Å². The normalized spacial score (nSPS) is 19.8. The minimum absolute atomic E-state index is 0.111. The lowest BCUT2D eigenvalue weighted by molar-refractivity contribution is -0.132. The van der Waals surface area contributed by atoms with Crippen LogP contribution >= 0.6 is 0 Å². The van der Waals surface area contributed by atoms with Crippen molar-refractivity contribution in [3.8, 4) is 0 Å². The minimum atomic E-state index is -0.234. The van der Waals surface area contributed by atoms with Crippen LogP contribution in [0.5, 0.6) is 0 Å². The second kappa shape index (κ2) is 7.41. The lowest BCUT2D eigenvalue weighted by Crippen LogP contribution is -2.38. The van der Waals surface area contributed by atoms with Crippen LogP contribution in [-0.2, 0) is 9.53 Å². The van der Waals surface area contributed by atoms with E-state index in [0.29, 0.717) is 19.5 Å². The molecular formula is C16H24N2O2. The van der Waals surface area contributed by atoms with Crippen LogP contribution in [0.1, 0.15) is 37.8 Å². The zero-order valence-corrected chi connectivity index (χ0v) is 12.1. The van der Waals surface area contributed by atoms with Gasteiger partial charge in [-0.15, -0.1) is 0 Å². The summed E-state index contributed by atoms with van der Waals surface area (Å²) in [7, 11) is 0. The van der Waals surface area contributed by atoms with Crippen LogP contribution in [0.15, 0.2) is 30.3 Å². The molecule has 0 aromatic heterocycles. The maximum absolute atomic E-state index is 12.3. The molecule has 4 heteroatoms. The predicted octanol–water partition coefficient (Wildman–Crippen LogP) is 2.10. The van der Waals surface area contributed by atoms with Crippen molar-refractivity contribution in [3.05, 3.63) is 35.9 Å².